The van der Waals surface area contributed by atoms with Gasteiger partial charge in [0.2, 0.25) is 12.4 Å². The van der Waals surface area contributed by atoms with E-state index >= 15 is 0 Å². The Hall–Kier alpha value is -5.01. The quantitative estimate of drug-likeness (QED) is 0.153. The van der Waals surface area contributed by atoms with Crippen LogP contribution in [0.2, 0.25) is 0 Å². The smallest absolute Gasteiger partial charge is 0.422 e. The normalized spacial score (nSPS) is 19.8. The molecule has 0 aromatic heterocycles. The second kappa shape index (κ2) is 19.6. The molecule has 2 rings (SSSR count). The number of amides is 3. The molecule has 1 heterocycles. The minimum Gasteiger partial charge on any atom is -0.467 e. The predicted octanol–water partition coefficient (Wildman–Crippen LogP) is 4.07. The van der Waals surface area contributed by atoms with Crippen LogP contribution in [0.1, 0.15) is 112 Å². The largest absolute Gasteiger partial charge is 0.467 e. The lowest BCUT2D eigenvalue weighted by Crippen LogP contribution is -2.64. The monoisotopic (exact) mass is 826 g/mol. The lowest BCUT2D eigenvalue weighted by molar-refractivity contribution is -0.282. The van der Waals surface area contributed by atoms with Gasteiger partial charge in [-0.3, -0.25) is 19.2 Å². The summed E-state index contributed by atoms with van der Waals surface area (Å²) in [6.45, 7) is 18.7. The molecule has 3 amide bonds. The van der Waals surface area contributed by atoms with Gasteiger partial charge in [-0.05, 0) is 93.4 Å². The van der Waals surface area contributed by atoms with Crippen LogP contribution in [0.15, 0.2) is 18.2 Å². The highest BCUT2D eigenvalue weighted by Gasteiger charge is 2.56. The Morgan fingerprint density at radius 2 is 1.26 bits per heavy atom. The fourth-order valence-electron chi connectivity index (χ4n) is 5.44. The lowest BCUT2D eigenvalue weighted by atomic mass is 9.97. The Morgan fingerprint density at radius 1 is 0.759 bits per heavy atom. The molecular formula is C39H58N2O17. The topological polar surface area (TPSA) is 238 Å². The molecule has 1 aromatic carbocycles. The van der Waals surface area contributed by atoms with Crippen LogP contribution in [-0.4, -0.2) is 119 Å². The molecule has 0 bridgehead atoms. The molecule has 326 valence electrons. The summed E-state index contributed by atoms with van der Waals surface area (Å²) in [7, 11) is 1.03. The van der Waals surface area contributed by atoms with E-state index in [0.717, 1.165) is 32.8 Å². The summed E-state index contributed by atoms with van der Waals surface area (Å²) in [6, 6.07) is 4.08. The first-order chi connectivity index (χ1) is 26.5. The van der Waals surface area contributed by atoms with Crippen molar-refractivity contribution in [2.24, 2.45) is 0 Å². The van der Waals surface area contributed by atoms with Crippen molar-refractivity contribution in [1.82, 2.24) is 10.2 Å². The van der Waals surface area contributed by atoms with Crippen LogP contribution in [0, 0.1) is 0 Å². The van der Waals surface area contributed by atoms with Crippen LogP contribution in [0.5, 0.6) is 5.75 Å². The first-order valence-corrected chi connectivity index (χ1v) is 18.4. The first-order valence-electron chi connectivity index (χ1n) is 18.4. The number of aliphatic hydroxyl groups excluding tert-OH is 1. The zero-order valence-corrected chi connectivity index (χ0v) is 35.7. The second-order valence-corrected chi connectivity index (χ2v) is 16.5. The Labute approximate surface area is 338 Å². The Bertz CT molecular complexity index is 1650. The van der Waals surface area contributed by atoms with Crippen molar-refractivity contribution in [3.8, 4) is 5.75 Å². The van der Waals surface area contributed by atoms with Gasteiger partial charge in [0.15, 0.2) is 24.0 Å². The number of hydrogen-bond acceptors (Lipinski definition) is 17. The number of rotatable bonds is 14. The predicted molar refractivity (Wildman–Crippen MR) is 201 cm³/mol. The number of ether oxygens (including phenoxy) is 9. The van der Waals surface area contributed by atoms with E-state index in [-0.39, 0.29) is 24.3 Å². The fourth-order valence-corrected chi connectivity index (χ4v) is 5.44. The van der Waals surface area contributed by atoms with E-state index in [1.807, 2.05) is 0 Å². The summed E-state index contributed by atoms with van der Waals surface area (Å²) in [5.41, 5.74) is -4.37. The highest BCUT2D eigenvalue weighted by atomic mass is 16.7. The molecule has 0 aliphatic carbocycles. The average molecular weight is 827 g/mol. The van der Waals surface area contributed by atoms with Gasteiger partial charge in [0.1, 0.15) is 17.0 Å². The van der Waals surface area contributed by atoms with Gasteiger partial charge in [0, 0.05) is 26.3 Å². The number of hydrogen-bond donors (Lipinski definition) is 2. The van der Waals surface area contributed by atoms with Gasteiger partial charge in [-0.2, -0.15) is 4.90 Å². The number of imide groups is 1. The van der Waals surface area contributed by atoms with Crippen LogP contribution in [0.25, 0.3) is 0 Å². The van der Waals surface area contributed by atoms with Gasteiger partial charge in [0.05, 0.1) is 25.9 Å². The highest BCUT2D eigenvalue weighted by molar-refractivity contribution is 5.97. The molecule has 1 saturated heterocycles. The van der Waals surface area contributed by atoms with Crippen molar-refractivity contribution in [3.63, 3.8) is 0 Å². The molecule has 1 aliphatic rings. The molecule has 1 aromatic rings. The Morgan fingerprint density at radius 3 is 1.72 bits per heavy atom. The molecule has 0 spiro atoms. The number of benzene rings is 1. The fraction of sp³-hybridized carbons (Fsp3) is 0.667. The summed E-state index contributed by atoms with van der Waals surface area (Å²) in [5.74, 6) is -4.64. The molecule has 5 atom stereocenters. The maximum atomic E-state index is 14.0. The molecule has 19 heteroatoms. The molecule has 0 unspecified atom stereocenters. The molecule has 1 aliphatic heterocycles. The van der Waals surface area contributed by atoms with Crippen molar-refractivity contribution in [1.29, 1.82) is 0 Å². The minimum absolute atomic E-state index is 0.0989. The van der Waals surface area contributed by atoms with Crippen molar-refractivity contribution in [2.45, 2.75) is 156 Å². The molecule has 19 nitrogen and oxygen atoms in total. The molecule has 58 heavy (non-hydrogen) atoms. The maximum absolute atomic E-state index is 14.0. The van der Waals surface area contributed by atoms with Crippen molar-refractivity contribution >= 4 is 42.0 Å². The third-order valence-corrected chi connectivity index (χ3v) is 7.87. The minimum atomic E-state index is -1.77. The van der Waals surface area contributed by atoms with E-state index in [0.29, 0.717) is 5.56 Å². The Balaban J connectivity index is 2.45. The van der Waals surface area contributed by atoms with Crippen LogP contribution in [0.3, 0.4) is 0 Å². The number of esters is 4. The SMILES string of the molecule is COC(=O)[C@H]1O[C@@H](Oc2ccc(CO)cc2C(=O)NC(C)(C)CCOC(C)(C)N(C(=O)OC(C)(C)C)C(=O)OC(C)(C)C)[C@H](OC(C)=O)[C@@H](OC(C)=O)[C@@H]1OC(C)=O. The zero-order chi connectivity index (χ0) is 44.6. The molecule has 0 saturated carbocycles. The molecular weight excluding hydrogens is 768 g/mol. The number of aliphatic hydroxyl groups is 1. The van der Waals surface area contributed by atoms with Gasteiger partial charge in [-0.25, -0.2) is 14.4 Å². The molecule has 1 fully saturated rings. The Kier molecular flexibility index (Phi) is 16.6. The number of nitrogens with one attached hydrogen (secondary N) is 1. The summed E-state index contributed by atoms with van der Waals surface area (Å²) >= 11 is 0. The zero-order valence-electron chi connectivity index (χ0n) is 35.7. The van der Waals surface area contributed by atoms with E-state index in [2.05, 4.69) is 5.32 Å². The van der Waals surface area contributed by atoms with Crippen LogP contribution < -0.4 is 10.1 Å². The van der Waals surface area contributed by atoms with Gasteiger partial charge >= 0.3 is 36.1 Å². The third-order valence-electron chi connectivity index (χ3n) is 7.87. The second-order valence-electron chi connectivity index (χ2n) is 16.5. The lowest BCUT2D eigenvalue weighted by Gasteiger charge is -2.43. The van der Waals surface area contributed by atoms with Crippen molar-refractivity contribution in [3.05, 3.63) is 29.3 Å². The number of carbonyl (C=O) groups excluding carboxylic acids is 7. The van der Waals surface area contributed by atoms with E-state index < -0.39 is 102 Å². The van der Waals surface area contributed by atoms with E-state index in [1.165, 1.54) is 32.0 Å². The average Bonchev–Trinajstić information content (AvgIpc) is 3.04. The van der Waals surface area contributed by atoms with Gasteiger partial charge in [0.25, 0.3) is 5.91 Å². The number of nitrogens with zero attached hydrogens (tertiary/aromatic N) is 1. The summed E-state index contributed by atoms with van der Waals surface area (Å²) in [5, 5.41) is 12.8. The highest BCUT2D eigenvalue weighted by Crippen LogP contribution is 2.33. The standard InChI is InChI=1S/C39H58N2O17/c1-21(43)52-27-28(53-22(2)44)30(54-23(3)45)33(56-29(27)32(47)50-14)55-26-16-15-24(20-42)19-25(26)31(46)40-38(10,11)17-18-51-39(12,13)41(34(48)57-36(4,5)6)35(49)58-37(7,8)9/h15-16,19,27-30,33,42H,17-18,20H2,1-14H3,(H,40,46)/t27-,28-,29-,30+,33+/m0/s1. The summed E-state index contributed by atoms with van der Waals surface area (Å²) < 4.78 is 49.9. The van der Waals surface area contributed by atoms with Crippen LogP contribution in [0.4, 0.5) is 9.59 Å². The number of carbonyl (C=O) groups is 7. The van der Waals surface area contributed by atoms with E-state index in [1.54, 1.807) is 55.4 Å². The van der Waals surface area contributed by atoms with E-state index in [9.17, 15) is 38.7 Å². The molecule has 0 radical (unpaired) electrons. The first kappa shape index (κ1) is 49.1. The maximum Gasteiger partial charge on any atom is 0.422 e. The summed E-state index contributed by atoms with van der Waals surface area (Å²) in [4.78, 5) is 90.7. The van der Waals surface area contributed by atoms with Gasteiger partial charge < -0.3 is 53.1 Å². The van der Waals surface area contributed by atoms with Crippen molar-refractivity contribution < 1.29 is 81.3 Å². The number of methoxy groups -OCH3 is 1. The molecule has 2 N–H and O–H groups in total. The van der Waals surface area contributed by atoms with Crippen LogP contribution in [-0.2, 0) is 63.7 Å². The van der Waals surface area contributed by atoms with Crippen LogP contribution >= 0.6 is 0 Å². The van der Waals surface area contributed by atoms with Gasteiger partial charge in [-0.15, -0.1) is 0 Å². The van der Waals surface area contributed by atoms with Gasteiger partial charge in [-0.1, -0.05) is 6.07 Å². The third kappa shape index (κ3) is 14.7. The summed E-state index contributed by atoms with van der Waals surface area (Å²) in [6.07, 6.45) is -10.3. The van der Waals surface area contributed by atoms with E-state index in [4.69, 9.17) is 42.6 Å². The van der Waals surface area contributed by atoms with Crippen molar-refractivity contribution in [2.75, 3.05) is 13.7 Å².